The van der Waals surface area contributed by atoms with Crippen LogP contribution in [-0.2, 0) is 5.41 Å². The number of aromatic nitrogens is 2. The van der Waals surface area contributed by atoms with E-state index in [4.69, 9.17) is 9.72 Å². The predicted molar refractivity (Wildman–Crippen MR) is 290 cm³/mol. The van der Waals surface area contributed by atoms with Gasteiger partial charge in [0.15, 0.2) is 0 Å². The van der Waals surface area contributed by atoms with E-state index in [2.05, 4.69) is 253 Å². The van der Waals surface area contributed by atoms with Crippen molar-refractivity contribution in [1.29, 1.82) is 0 Å². The summed E-state index contributed by atoms with van der Waals surface area (Å²) in [5.74, 6) is 1.51. The number of nitrogens with zero attached hydrogens (tertiary/aromatic N) is 4. The Morgan fingerprint density at radius 2 is 1.00 bits per heavy atom. The third kappa shape index (κ3) is 6.72. The number of fused-ring (bicyclic) bond motifs is 11. The van der Waals surface area contributed by atoms with Gasteiger partial charge in [0.1, 0.15) is 23.8 Å². The molecule has 0 atom stereocenters. The first-order valence-electron chi connectivity index (χ1n) is 23.8. The van der Waals surface area contributed by atoms with Gasteiger partial charge in [0.2, 0.25) is 0 Å². The molecule has 1 aliphatic heterocycles. The van der Waals surface area contributed by atoms with E-state index >= 15 is 0 Å². The second-order valence-electron chi connectivity index (χ2n) is 19.2. The van der Waals surface area contributed by atoms with Crippen LogP contribution in [0.25, 0.3) is 82.0 Å². The molecule has 0 radical (unpaired) electrons. The monoisotopic (exact) mass is 888 g/mol. The normalized spacial score (nSPS) is 12.7. The van der Waals surface area contributed by atoms with Crippen molar-refractivity contribution in [2.75, 3.05) is 16.5 Å². The molecule has 5 nitrogen and oxygen atoms in total. The maximum Gasteiger partial charge on any atom is 0.145 e. The zero-order chi connectivity index (χ0) is 46.2. The lowest BCUT2D eigenvalue weighted by Crippen LogP contribution is -2.24. The summed E-state index contributed by atoms with van der Waals surface area (Å²) in [7, 11) is 0. The third-order valence-corrected chi connectivity index (χ3v) is 14.0. The van der Waals surface area contributed by atoms with Gasteiger partial charge in [0, 0.05) is 56.7 Å². The fourth-order valence-electron chi connectivity index (χ4n) is 10.8. The fraction of sp³-hybridized carbons (Fsp3) is 0.0781. The molecule has 4 heterocycles. The average molecular weight is 889 g/mol. The summed E-state index contributed by atoms with van der Waals surface area (Å²) < 4.78 is 9.31. The molecular formula is C64H48N4O. The highest BCUT2D eigenvalue weighted by molar-refractivity contribution is 6.25. The van der Waals surface area contributed by atoms with Crippen molar-refractivity contribution in [2.24, 2.45) is 0 Å². The summed E-state index contributed by atoms with van der Waals surface area (Å²) in [5, 5.41) is 9.35. The number of para-hydroxylation sites is 4. The largest absolute Gasteiger partial charge is 0.457 e. The summed E-state index contributed by atoms with van der Waals surface area (Å²) >= 11 is 0. The van der Waals surface area contributed by atoms with Crippen molar-refractivity contribution in [1.82, 2.24) is 9.38 Å². The highest BCUT2D eigenvalue weighted by Crippen LogP contribution is 2.50. The minimum absolute atomic E-state index is 0.0156. The van der Waals surface area contributed by atoms with E-state index in [1.165, 1.54) is 60.4 Å². The molecule has 13 rings (SSSR count). The van der Waals surface area contributed by atoms with Gasteiger partial charge in [-0.05, 0) is 98.2 Å². The highest BCUT2D eigenvalue weighted by Gasteiger charge is 2.31. The average Bonchev–Trinajstić information content (AvgIpc) is 3.95. The zero-order valence-electron chi connectivity index (χ0n) is 38.8. The SMILES string of the molecule is CC(C)(C)c1ccc2c(c1)c1ccccc1c1cccc3c4ccc(Oc5cccc(N6CN(c7c(-c8ccccc8)cccc7-c7ccccc7)c7ccccc76)c5)cc4n(c4ncccc24)c13. The molecule has 0 saturated carbocycles. The first-order valence-corrected chi connectivity index (χ1v) is 23.8. The second kappa shape index (κ2) is 16.0. The molecule has 0 bridgehead atoms. The zero-order valence-corrected chi connectivity index (χ0v) is 38.8. The molecule has 0 unspecified atom stereocenters. The number of benzene rings is 9. The molecule has 9 aromatic carbocycles. The molecule has 69 heavy (non-hydrogen) atoms. The number of anilines is 4. The molecular weight excluding hydrogens is 841 g/mol. The van der Waals surface area contributed by atoms with E-state index in [0.29, 0.717) is 6.67 Å². The van der Waals surface area contributed by atoms with Crippen LogP contribution in [0.5, 0.6) is 11.5 Å². The van der Waals surface area contributed by atoms with Crippen LogP contribution >= 0.6 is 0 Å². The minimum Gasteiger partial charge on any atom is -0.457 e. The predicted octanol–water partition coefficient (Wildman–Crippen LogP) is 17.3. The van der Waals surface area contributed by atoms with Crippen LogP contribution in [0.4, 0.5) is 22.7 Å². The molecule has 5 heteroatoms. The van der Waals surface area contributed by atoms with Gasteiger partial charge >= 0.3 is 0 Å². The Bertz CT molecular complexity index is 3960. The summed E-state index contributed by atoms with van der Waals surface area (Å²) in [5.41, 5.74) is 13.6. The first kappa shape index (κ1) is 40.6. The molecule has 12 aromatic rings. The molecule has 0 amide bonds. The van der Waals surface area contributed by atoms with Crippen LogP contribution < -0.4 is 14.5 Å². The van der Waals surface area contributed by atoms with Crippen LogP contribution in [0, 0.1) is 0 Å². The van der Waals surface area contributed by atoms with E-state index < -0.39 is 0 Å². The lowest BCUT2D eigenvalue weighted by Gasteiger charge is -2.27. The van der Waals surface area contributed by atoms with Crippen molar-refractivity contribution in [2.45, 2.75) is 26.2 Å². The van der Waals surface area contributed by atoms with E-state index in [0.717, 1.165) is 61.4 Å². The number of hydrogen-bond donors (Lipinski definition) is 0. The van der Waals surface area contributed by atoms with Gasteiger partial charge in [-0.3, -0.25) is 4.40 Å². The quantitative estimate of drug-likeness (QED) is 0.167. The Morgan fingerprint density at radius 1 is 0.435 bits per heavy atom. The molecule has 330 valence electrons. The van der Waals surface area contributed by atoms with Gasteiger partial charge in [-0.15, -0.1) is 0 Å². The van der Waals surface area contributed by atoms with Gasteiger partial charge in [-0.25, -0.2) is 4.98 Å². The van der Waals surface area contributed by atoms with Crippen molar-refractivity contribution in [3.05, 3.63) is 230 Å². The first-order chi connectivity index (χ1) is 33.9. The standard InChI is InChI=1S/C64H48N4O/c1-64(2,3)44-33-35-52-56-30-17-37-65-63(56)68-60-40-47(34-36-53(60)55-29-16-28-54(62(55)68)50-24-10-11-25-51(50)57(52)38-44)69-46-23-14-22-45(39-46)66-41-67(59-32-13-12-31-58(59)66)61-48(42-18-6-4-7-19-42)26-15-27-49(61)43-20-8-5-9-21-43/h4-40H,41H2,1-3H3. The van der Waals surface area contributed by atoms with Crippen molar-refractivity contribution < 1.29 is 4.74 Å². The molecule has 0 saturated heterocycles. The maximum absolute atomic E-state index is 6.94. The Morgan fingerprint density at radius 3 is 1.72 bits per heavy atom. The van der Waals surface area contributed by atoms with Gasteiger partial charge in [0.05, 0.1) is 28.1 Å². The molecule has 0 spiro atoms. The van der Waals surface area contributed by atoms with Crippen molar-refractivity contribution >= 4 is 82.5 Å². The minimum atomic E-state index is -0.0156. The van der Waals surface area contributed by atoms with Crippen molar-refractivity contribution in [3.8, 4) is 33.8 Å². The molecule has 0 N–H and O–H groups in total. The third-order valence-electron chi connectivity index (χ3n) is 14.0. The maximum atomic E-state index is 6.94. The van der Waals surface area contributed by atoms with Gasteiger partial charge in [-0.2, -0.15) is 0 Å². The van der Waals surface area contributed by atoms with Crippen LogP contribution in [0.15, 0.2) is 225 Å². The number of hydrogen-bond acceptors (Lipinski definition) is 4. The van der Waals surface area contributed by atoms with E-state index in [1.807, 2.05) is 6.20 Å². The number of pyridine rings is 1. The van der Waals surface area contributed by atoms with Gasteiger partial charge in [0.25, 0.3) is 0 Å². The van der Waals surface area contributed by atoms with Crippen LogP contribution in [0.1, 0.15) is 26.3 Å². The molecule has 3 aromatic heterocycles. The number of rotatable bonds is 6. The Labute approximate surface area is 401 Å². The van der Waals surface area contributed by atoms with Crippen LogP contribution in [-0.4, -0.2) is 16.1 Å². The summed E-state index contributed by atoms with van der Waals surface area (Å²) in [6.45, 7) is 7.48. The number of ether oxygens (including phenoxy) is 1. The second-order valence-corrected chi connectivity index (χ2v) is 19.2. The molecule has 0 fully saturated rings. The topological polar surface area (TPSA) is 33.0 Å². The van der Waals surface area contributed by atoms with Gasteiger partial charge < -0.3 is 14.5 Å². The fourth-order valence-corrected chi connectivity index (χ4v) is 10.8. The molecule has 0 aliphatic carbocycles. The summed E-state index contributed by atoms with van der Waals surface area (Å²) in [6.07, 6.45) is 1.92. The Balaban J connectivity index is 0.952. The van der Waals surface area contributed by atoms with E-state index in [9.17, 15) is 0 Å². The van der Waals surface area contributed by atoms with E-state index in [-0.39, 0.29) is 5.41 Å². The van der Waals surface area contributed by atoms with Crippen molar-refractivity contribution in [3.63, 3.8) is 0 Å². The Hall–Kier alpha value is -8.67. The summed E-state index contributed by atoms with van der Waals surface area (Å²) in [4.78, 5) is 10.1. The van der Waals surface area contributed by atoms with Crippen LogP contribution in [0.3, 0.4) is 0 Å². The molecule has 1 aliphatic rings. The lowest BCUT2D eigenvalue weighted by atomic mass is 9.85. The van der Waals surface area contributed by atoms with Crippen LogP contribution in [0.2, 0.25) is 0 Å². The lowest BCUT2D eigenvalue weighted by molar-refractivity contribution is 0.483. The summed E-state index contributed by atoms with van der Waals surface area (Å²) in [6, 6.07) is 78.7. The highest BCUT2D eigenvalue weighted by atomic mass is 16.5. The Kier molecular flexibility index (Phi) is 9.41. The van der Waals surface area contributed by atoms with Gasteiger partial charge in [-0.1, -0.05) is 172 Å². The van der Waals surface area contributed by atoms with E-state index in [1.54, 1.807) is 0 Å². The smallest absolute Gasteiger partial charge is 0.145 e.